The Kier molecular flexibility index (Phi) is 6.15. The van der Waals surface area contributed by atoms with Gasteiger partial charge in [0.2, 0.25) is 15.9 Å². The summed E-state index contributed by atoms with van der Waals surface area (Å²) in [6, 6.07) is 7.36. The number of nitrogens with zero attached hydrogens (tertiary/aromatic N) is 1. The van der Waals surface area contributed by atoms with Gasteiger partial charge < -0.3 is 5.32 Å². The summed E-state index contributed by atoms with van der Waals surface area (Å²) < 4.78 is 24.5. The monoisotopic (exact) mass is 339 g/mol. The lowest BCUT2D eigenvalue weighted by molar-refractivity contribution is -0.122. The molecule has 1 fully saturated rings. The van der Waals surface area contributed by atoms with Crippen molar-refractivity contribution in [2.45, 2.75) is 38.9 Å². The molecular formula is C16H25N3O3S. The van der Waals surface area contributed by atoms with Crippen LogP contribution in [0.15, 0.2) is 24.3 Å². The highest BCUT2D eigenvalue weighted by Gasteiger charge is 2.16. The first-order chi connectivity index (χ1) is 10.8. The Hall–Kier alpha value is -1.44. The Balaban J connectivity index is 1.86. The molecule has 1 aliphatic heterocycles. The highest BCUT2D eigenvalue weighted by Crippen LogP contribution is 2.13. The van der Waals surface area contributed by atoms with Crippen LogP contribution in [0.2, 0.25) is 0 Å². The normalized spacial score (nSPS) is 17.1. The SMILES string of the molecule is CC(NS(C)(=O)=O)C(=O)NCc1cccc(CN2CCCC2)c1. The third-order valence-corrected chi connectivity index (χ3v) is 4.63. The number of amides is 1. The van der Waals surface area contributed by atoms with Crippen LogP contribution in [0.1, 0.15) is 30.9 Å². The van der Waals surface area contributed by atoms with Gasteiger partial charge >= 0.3 is 0 Å². The molecule has 1 aromatic carbocycles. The average molecular weight is 339 g/mol. The molecule has 23 heavy (non-hydrogen) atoms. The standard InChI is InChI=1S/C16H25N3O3S/c1-13(18-23(2,21)22)16(20)17-11-14-6-5-7-15(10-14)12-19-8-3-4-9-19/h5-7,10,13,18H,3-4,8-9,11-12H2,1-2H3,(H,17,20). The molecule has 0 aliphatic carbocycles. The number of nitrogens with one attached hydrogen (secondary N) is 2. The van der Waals surface area contributed by atoms with E-state index in [4.69, 9.17) is 0 Å². The largest absolute Gasteiger partial charge is 0.351 e. The van der Waals surface area contributed by atoms with Crippen molar-refractivity contribution >= 4 is 15.9 Å². The molecule has 1 amide bonds. The van der Waals surface area contributed by atoms with E-state index in [1.54, 1.807) is 0 Å². The fourth-order valence-electron chi connectivity index (χ4n) is 2.75. The molecule has 0 aromatic heterocycles. The van der Waals surface area contributed by atoms with Gasteiger partial charge in [-0.3, -0.25) is 9.69 Å². The molecule has 128 valence electrons. The van der Waals surface area contributed by atoms with Gasteiger partial charge in [0.1, 0.15) is 0 Å². The van der Waals surface area contributed by atoms with Crippen molar-refractivity contribution in [1.82, 2.24) is 14.9 Å². The van der Waals surface area contributed by atoms with Gasteiger partial charge in [0, 0.05) is 13.1 Å². The van der Waals surface area contributed by atoms with Crippen LogP contribution in [-0.4, -0.2) is 44.6 Å². The molecule has 2 rings (SSSR count). The molecular weight excluding hydrogens is 314 g/mol. The lowest BCUT2D eigenvalue weighted by atomic mass is 10.1. The van der Waals surface area contributed by atoms with Crippen molar-refractivity contribution in [2.24, 2.45) is 0 Å². The quantitative estimate of drug-likeness (QED) is 0.771. The second-order valence-electron chi connectivity index (χ2n) is 6.13. The van der Waals surface area contributed by atoms with Gasteiger partial charge in [0.15, 0.2) is 0 Å². The first-order valence-corrected chi connectivity index (χ1v) is 9.78. The van der Waals surface area contributed by atoms with Crippen LogP contribution in [-0.2, 0) is 27.9 Å². The molecule has 1 unspecified atom stereocenters. The van der Waals surface area contributed by atoms with Gasteiger partial charge in [-0.05, 0) is 44.0 Å². The number of hydrogen-bond donors (Lipinski definition) is 2. The van der Waals surface area contributed by atoms with Crippen LogP contribution in [0.4, 0.5) is 0 Å². The maximum absolute atomic E-state index is 11.9. The van der Waals surface area contributed by atoms with Crippen LogP contribution in [0, 0.1) is 0 Å². The number of sulfonamides is 1. The Morgan fingerprint density at radius 2 is 1.91 bits per heavy atom. The number of benzene rings is 1. The lowest BCUT2D eigenvalue weighted by Crippen LogP contribution is -2.44. The minimum atomic E-state index is -3.39. The van der Waals surface area contributed by atoms with E-state index in [0.717, 1.165) is 31.5 Å². The number of carbonyl (C=O) groups is 1. The zero-order valence-corrected chi connectivity index (χ0v) is 14.5. The molecule has 7 heteroatoms. The van der Waals surface area contributed by atoms with E-state index in [2.05, 4.69) is 27.1 Å². The minimum absolute atomic E-state index is 0.333. The highest BCUT2D eigenvalue weighted by molar-refractivity contribution is 7.88. The highest BCUT2D eigenvalue weighted by atomic mass is 32.2. The van der Waals surface area contributed by atoms with Gasteiger partial charge in [-0.2, -0.15) is 0 Å². The predicted molar refractivity (Wildman–Crippen MR) is 90.2 cm³/mol. The van der Waals surface area contributed by atoms with Crippen molar-refractivity contribution < 1.29 is 13.2 Å². The number of rotatable bonds is 7. The number of hydrogen-bond acceptors (Lipinski definition) is 4. The van der Waals surface area contributed by atoms with Crippen LogP contribution >= 0.6 is 0 Å². The second kappa shape index (κ2) is 7.90. The summed E-state index contributed by atoms with van der Waals surface area (Å²) in [5.74, 6) is -0.333. The van der Waals surface area contributed by atoms with Gasteiger partial charge in [-0.1, -0.05) is 24.3 Å². The number of carbonyl (C=O) groups excluding carboxylic acids is 1. The maximum Gasteiger partial charge on any atom is 0.238 e. The van der Waals surface area contributed by atoms with E-state index in [9.17, 15) is 13.2 Å². The van der Waals surface area contributed by atoms with Crippen LogP contribution in [0.3, 0.4) is 0 Å². The molecule has 0 spiro atoms. The minimum Gasteiger partial charge on any atom is -0.351 e. The average Bonchev–Trinajstić information content (AvgIpc) is 2.96. The van der Waals surface area contributed by atoms with Gasteiger partial charge in [-0.25, -0.2) is 13.1 Å². The van der Waals surface area contributed by atoms with Crippen LogP contribution < -0.4 is 10.0 Å². The molecule has 6 nitrogen and oxygen atoms in total. The van der Waals surface area contributed by atoms with Crippen molar-refractivity contribution in [2.75, 3.05) is 19.3 Å². The van der Waals surface area contributed by atoms with E-state index in [1.165, 1.54) is 25.3 Å². The summed E-state index contributed by atoms with van der Waals surface area (Å²) in [4.78, 5) is 14.3. The molecule has 1 heterocycles. The molecule has 1 aliphatic rings. The smallest absolute Gasteiger partial charge is 0.238 e. The molecule has 1 saturated heterocycles. The third-order valence-electron chi connectivity index (χ3n) is 3.85. The summed E-state index contributed by atoms with van der Waals surface area (Å²) >= 11 is 0. The van der Waals surface area contributed by atoms with Gasteiger partial charge in [-0.15, -0.1) is 0 Å². The zero-order chi connectivity index (χ0) is 16.9. The molecule has 0 bridgehead atoms. The van der Waals surface area contributed by atoms with E-state index >= 15 is 0 Å². The lowest BCUT2D eigenvalue weighted by Gasteiger charge is -2.16. The fraction of sp³-hybridized carbons (Fsp3) is 0.562. The summed E-state index contributed by atoms with van der Waals surface area (Å²) in [5.41, 5.74) is 2.25. The van der Waals surface area contributed by atoms with Crippen molar-refractivity contribution in [1.29, 1.82) is 0 Å². The Morgan fingerprint density at radius 1 is 1.26 bits per heavy atom. The molecule has 1 atom stereocenters. The van der Waals surface area contributed by atoms with E-state index in [-0.39, 0.29) is 5.91 Å². The van der Waals surface area contributed by atoms with E-state index in [0.29, 0.717) is 6.54 Å². The predicted octanol–water partition coefficient (Wildman–Crippen LogP) is 0.836. The van der Waals surface area contributed by atoms with Gasteiger partial charge in [0.25, 0.3) is 0 Å². The first kappa shape index (κ1) is 17.9. The number of likely N-dealkylation sites (tertiary alicyclic amines) is 1. The molecule has 2 N–H and O–H groups in total. The van der Waals surface area contributed by atoms with E-state index in [1.807, 2.05) is 12.1 Å². The van der Waals surface area contributed by atoms with Crippen molar-refractivity contribution in [3.63, 3.8) is 0 Å². The summed E-state index contributed by atoms with van der Waals surface area (Å²) in [6.45, 7) is 5.15. The Labute approximate surface area is 138 Å². The summed E-state index contributed by atoms with van der Waals surface area (Å²) in [6.07, 6.45) is 3.57. The van der Waals surface area contributed by atoms with Crippen LogP contribution in [0.5, 0.6) is 0 Å². The van der Waals surface area contributed by atoms with E-state index < -0.39 is 16.1 Å². The second-order valence-corrected chi connectivity index (χ2v) is 7.91. The summed E-state index contributed by atoms with van der Waals surface area (Å²) in [7, 11) is -3.39. The topological polar surface area (TPSA) is 78.5 Å². The first-order valence-electron chi connectivity index (χ1n) is 7.89. The molecule has 1 aromatic rings. The Morgan fingerprint density at radius 3 is 2.57 bits per heavy atom. The zero-order valence-electron chi connectivity index (χ0n) is 13.7. The fourth-order valence-corrected chi connectivity index (χ4v) is 3.50. The molecule has 0 saturated carbocycles. The molecule has 0 radical (unpaired) electrons. The van der Waals surface area contributed by atoms with Crippen molar-refractivity contribution in [3.05, 3.63) is 35.4 Å². The van der Waals surface area contributed by atoms with Crippen molar-refractivity contribution in [3.8, 4) is 0 Å². The Bertz CT molecular complexity index is 640. The maximum atomic E-state index is 11.9. The van der Waals surface area contributed by atoms with Gasteiger partial charge in [0.05, 0.1) is 12.3 Å². The third kappa shape index (κ3) is 6.29. The summed E-state index contributed by atoms with van der Waals surface area (Å²) in [5, 5.41) is 2.76. The van der Waals surface area contributed by atoms with Crippen LogP contribution in [0.25, 0.3) is 0 Å².